The van der Waals surface area contributed by atoms with Crippen LogP contribution in [0.15, 0.2) is 36.4 Å². The Labute approximate surface area is 138 Å². The molecule has 0 heterocycles. The van der Waals surface area contributed by atoms with Crippen LogP contribution in [0.3, 0.4) is 0 Å². The average molecular weight is 324 g/mol. The van der Waals surface area contributed by atoms with E-state index in [0.29, 0.717) is 29.0 Å². The maximum Gasteiger partial charge on any atom is 0.168 e. The summed E-state index contributed by atoms with van der Waals surface area (Å²) in [5.41, 5.74) is 1.31. The first-order chi connectivity index (χ1) is 11.0. The molecule has 2 aromatic rings. The third kappa shape index (κ3) is 6.68. The van der Waals surface area contributed by atoms with Gasteiger partial charge in [-0.3, -0.25) is 0 Å². The molecule has 0 aliphatic rings. The zero-order valence-corrected chi connectivity index (χ0v) is 14.7. The Kier molecular flexibility index (Phi) is 10.4. The maximum atomic E-state index is 13.1. The van der Waals surface area contributed by atoms with Crippen molar-refractivity contribution in [3.63, 3.8) is 0 Å². The lowest BCUT2D eigenvalue weighted by Gasteiger charge is -2.04. The molecule has 2 rings (SSSR count). The number of methoxy groups -OCH3 is 2. The first-order valence-corrected chi connectivity index (χ1v) is 7.65. The van der Waals surface area contributed by atoms with Crippen LogP contribution in [0.25, 0.3) is 0 Å². The Balaban J connectivity index is 0.000000381. The van der Waals surface area contributed by atoms with E-state index in [4.69, 9.17) is 9.47 Å². The van der Waals surface area contributed by atoms with Gasteiger partial charge in [-0.1, -0.05) is 32.9 Å². The van der Waals surface area contributed by atoms with Crippen molar-refractivity contribution in [2.75, 3.05) is 14.2 Å². The summed E-state index contributed by atoms with van der Waals surface area (Å²) in [4.78, 5) is 0. The van der Waals surface area contributed by atoms with Crippen LogP contribution in [0.2, 0.25) is 0 Å². The number of ether oxygens (including phenoxy) is 2. The van der Waals surface area contributed by atoms with Gasteiger partial charge in [-0.25, -0.2) is 8.78 Å². The van der Waals surface area contributed by atoms with Gasteiger partial charge in [-0.05, 0) is 48.7 Å². The average Bonchev–Trinajstić information content (AvgIpc) is 2.60. The fourth-order valence-corrected chi connectivity index (χ4v) is 1.73. The minimum absolute atomic E-state index is 0.194. The standard InChI is InChI=1S/C9H11FO.C8H9FO.C2H6/c1-3-7-5-4-6-8(11-2)9(7)10;1-6-5-7(10-2)3-4-8(6)9;1-2/h4-6H,3H2,1-2H3;3-5H,1-2H3;1-2H3. The molecule has 0 aliphatic carbocycles. The van der Waals surface area contributed by atoms with E-state index in [9.17, 15) is 8.78 Å². The van der Waals surface area contributed by atoms with Crippen LogP contribution in [0, 0.1) is 18.6 Å². The van der Waals surface area contributed by atoms with E-state index in [2.05, 4.69) is 0 Å². The summed E-state index contributed by atoms with van der Waals surface area (Å²) >= 11 is 0. The van der Waals surface area contributed by atoms with E-state index >= 15 is 0 Å². The highest BCUT2D eigenvalue weighted by Crippen LogP contribution is 2.19. The van der Waals surface area contributed by atoms with E-state index in [0.717, 1.165) is 0 Å². The second-order valence-electron chi connectivity index (χ2n) is 4.40. The molecule has 0 spiro atoms. The Hall–Kier alpha value is -2.10. The number of rotatable bonds is 3. The summed E-state index contributed by atoms with van der Waals surface area (Å²) in [6.45, 7) is 7.62. The highest BCUT2D eigenvalue weighted by molar-refractivity contribution is 5.31. The van der Waals surface area contributed by atoms with Crippen LogP contribution < -0.4 is 9.47 Å². The van der Waals surface area contributed by atoms with Crippen molar-refractivity contribution in [3.05, 3.63) is 59.2 Å². The third-order valence-corrected chi connectivity index (χ3v) is 3.01. The fourth-order valence-electron chi connectivity index (χ4n) is 1.73. The molecule has 0 aliphatic heterocycles. The van der Waals surface area contributed by atoms with E-state index < -0.39 is 0 Å². The summed E-state index contributed by atoms with van der Waals surface area (Å²) in [6.07, 6.45) is 0.697. The number of aryl methyl sites for hydroxylation is 2. The van der Waals surface area contributed by atoms with Gasteiger partial charge < -0.3 is 9.47 Å². The molecule has 0 fully saturated rings. The second-order valence-corrected chi connectivity index (χ2v) is 4.40. The predicted molar refractivity (Wildman–Crippen MR) is 91.4 cm³/mol. The largest absolute Gasteiger partial charge is 0.497 e. The smallest absolute Gasteiger partial charge is 0.168 e. The van der Waals surface area contributed by atoms with Crippen LogP contribution in [0.1, 0.15) is 31.9 Å². The summed E-state index contributed by atoms with van der Waals surface area (Å²) in [6, 6.07) is 9.83. The van der Waals surface area contributed by atoms with Gasteiger partial charge in [0.15, 0.2) is 11.6 Å². The van der Waals surface area contributed by atoms with Crippen molar-refractivity contribution in [1.82, 2.24) is 0 Å². The van der Waals surface area contributed by atoms with Crippen molar-refractivity contribution in [2.45, 2.75) is 34.1 Å². The number of benzene rings is 2. The molecule has 2 nitrogen and oxygen atoms in total. The van der Waals surface area contributed by atoms with E-state index in [1.807, 2.05) is 20.8 Å². The van der Waals surface area contributed by atoms with Gasteiger partial charge in [-0.2, -0.15) is 0 Å². The van der Waals surface area contributed by atoms with E-state index in [1.54, 1.807) is 44.4 Å². The van der Waals surface area contributed by atoms with Gasteiger partial charge in [0, 0.05) is 0 Å². The summed E-state index contributed by atoms with van der Waals surface area (Å²) in [7, 11) is 3.03. The summed E-state index contributed by atoms with van der Waals surface area (Å²) in [5.74, 6) is 0.585. The molecule has 128 valence electrons. The molecule has 0 radical (unpaired) electrons. The van der Waals surface area contributed by atoms with Crippen molar-refractivity contribution in [2.24, 2.45) is 0 Å². The Morgan fingerprint density at radius 2 is 1.61 bits per heavy atom. The van der Waals surface area contributed by atoms with E-state index in [-0.39, 0.29) is 11.6 Å². The van der Waals surface area contributed by atoms with Gasteiger partial charge in [0.05, 0.1) is 14.2 Å². The first kappa shape index (κ1) is 20.9. The van der Waals surface area contributed by atoms with Gasteiger partial charge in [0.2, 0.25) is 0 Å². The van der Waals surface area contributed by atoms with Crippen molar-refractivity contribution in [3.8, 4) is 11.5 Å². The Morgan fingerprint density at radius 1 is 0.957 bits per heavy atom. The fraction of sp³-hybridized carbons (Fsp3) is 0.368. The minimum Gasteiger partial charge on any atom is -0.497 e. The minimum atomic E-state index is -0.238. The molecule has 4 heteroatoms. The second kappa shape index (κ2) is 11.5. The Bertz CT molecular complexity index is 561. The highest BCUT2D eigenvalue weighted by Gasteiger charge is 2.04. The highest BCUT2D eigenvalue weighted by atomic mass is 19.1. The molecule has 0 unspecified atom stereocenters. The lowest BCUT2D eigenvalue weighted by molar-refractivity contribution is 0.384. The predicted octanol–water partition coefficient (Wildman–Crippen LogP) is 5.57. The van der Waals surface area contributed by atoms with Crippen LogP contribution in [0.4, 0.5) is 8.78 Å². The molecule has 0 bridgehead atoms. The molecule has 0 N–H and O–H groups in total. The lowest BCUT2D eigenvalue weighted by atomic mass is 10.1. The maximum absolute atomic E-state index is 13.1. The molecule has 0 saturated heterocycles. The van der Waals surface area contributed by atoms with Crippen LogP contribution in [-0.4, -0.2) is 14.2 Å². The number of hydrogen-bond acceptors (Lipinski definition) is 2. The van der Waals surface area contributed by atoms with Crippen LogP contribution >= 0.6 is 0 Å². The number of halogens is 2. The molecule has 2 aromatic carbocycles. The van der Waals surface area contributed by atoms with Crippen molar-refractivity contribution < 1.29 is 18.3 Å². The van der Waals surface area contributed by atoms with Crippen molar-refractivity contribution >= 4 is 0 Å². The molecule has 23 heavy (non-hydrogen) atoms. The summed E-state index contributed by atoms with van der Waals surface area (Å²) < 4.78 is 35.4. The number of hydrogen-bond donors (Lipinski definition) is 0. The summed E-state index contributed by atoms with van der Waals surface area (Å²) in [5, 5.41) is 0. The monoisotopic (exact) mass is 324 g/mol. The zero-order valence-electron chi connectivity index (χ0n) is 14.7. The molecular formula is C19H26F2O2. The molecule has 0 atom stereocenters. The quantitative estimate of drug-likeness (QED) is 0.735. The van der Waals surface area contributed by atoms with Gasteiger partial charge in [0.1, 0.15) is 11.6 Å². The molecular weight excluding hydrogens is 298 g/mol. The normalized spacial score (nSPS) is 9.04. The van der Waals surface area contributed by atoms with E-state index in [1.165, 1.54) is 13.2 Å². The first-order valence-electron chi connectivity index (χ1n) is 7.65. The van der Waals surface area contributed by atoms with Crippen molar-refractivity contribution in [1.29, 1.82) is 0 Å². The SMILES string of the molecule is CC.CCc1cccc(OC)c1F.COc1ccc(F)c(C)c1. The topological polar surface area (TPSA) is 18.5 Å². The molecule has 0 aromatic heterocycles. The molecule has 0 saturated carbocycles. The molecule has 0 amide bonds. The lowest BCUT2D eigenvalue weighted by Crippen LogP contribution is -1.92. The third-order valence-electron chi connectivity index (χ3n) is 3.01. The zero-order chi connectivity index (χ0) is 17.8. The Morgan fingerprint density at radius 3 is 2.09 bits per heavy atom. The van der Waals surface area contributed by atoms with Gasteiger partial charge in [-0.15, -0.1) is 0 Å². The van der Waals surface area contributed by atoms with Gasteiger partial charge in [0.25, 0.3) is 0 Å². The van der Waals surface area contributed by atoms with Crippen LogP contribution in [0.5, 0.6) is 11.5 Å². The van der Waals surface area contributed by atoms with Gasteiger partial charge >= 0.3 is 0 Å². The van der Waals surface area contributed by atoms with Crippen LogP contribution in [-0.2, 0) is 6.42 Å².